The zero-order valence-electron chi connectivity index (χ0n) is 8.70. The molecule has 1 atom stereocenters. The minimum Gasteiger partial charge on any atom is -0.385 e. The van der Waals surface area contributed by atoms with Gasteiger partial charge in [-0.2, -0.15) is 0 Å². The first kappa shape index (κ1) is 15.0. The van der Waals surface area contributed by atoms with E-state index in [-0.39, 0.29) is 0 Å². The summed E-state index contributed by atoms with van der Waals surface area (Å²) in [6.07, 6.45) is -2.18. The van der Waals surface area contributed by atoms with Crippen LogP contribution >= 0.6 is 7.82 Å². The lowest BCUT2D eigenvalue weighted by Gasteiger charge is -2.22. The summed E-state index contributed by atoms with van der Waals surface area (Å²) in [4.78, 5) is 16.8. The molecule has 8 heteroatoms. The predicted molar refractivity (Wildman–Crippen MR) is 51.0 cm³/mol. The van der Waals surface area contributed by atoms with E-state index in [1.807, 2.05) is 0 Å². The van der Waals surface area contributed by atoms with Crippen molar-refractivity contribution in [3.8, 4) is 0 Å². The second kappa shape index (κ2) is 7.29. The third-order valence-corrected chi connectivity index (χ3v) is 1.87. The fraction of sp³-hybridized carbons (Fsp3) is 1.00. The maximum Gasteiger partial charge on any atom is 0.469 e. The van der Waals surface area contributed by atoms with Gasteiger partial charge in [0.15, 0.2) is 6.29 Å². The van der Waals surface area contributed by atoms with Gasteiger partial charge in [0.05, 0.1) is 6.61 Å². The van der Waals surface area contributed by atoms with Gasteiger partial charge in [-0.3, -0.25) is 4.52 Å². The number of aliphatic hydroxyl groups excluding tert-OH is 1. The predicted octanol–water partition coefficient (Wildman–Crippen LogP) is -0.144. The summed E-state index contributed by atoms with van der Waals surface area (Å²) in [7, 11) is -4.57. The van der Waals surface area contributed by atoms with Crippen LogP contribution in [0.2, 0.25) is 0 Å². The SMILES string of the molecule is CCOC(OCC)[C@@H](O)COP(=O)(O)O. The summed E-state index contributed by atoms with van der Waals surface area (Å²) >= 11 is 0. The van der Waals surface area contributed by atoms with Crippen LogP contribution in [0.25, 0.3) is 0 Å². The number of aliphatic hydroxyl groups is 1. The Hall–Kier alpha value is -0.0100. The Morgan fingerprint density at radius 3 is 2.00 bits per heavy atom. The summed E-state index contributed by atoms with van der Waals surface area (Å²) in [5.74, 6) is 0. The van der Waals surface area contributed by atoms with E-state index < -0.39 is 26.8 Å². The first-order chi connectivity index (χ1) is 6.90. The fourth-order valence-electron chi connectivity index (χ4n) is 0.851. The van der Waals surface area contributed by atoms with Crippen LogP contribution in [-0.2, 0) is 18.6 Å². The molecule has 0 bridgehead atoms. The average molecular weight is 244 g/mol. The van der Waals surface area contributed by atoms with Crippen molar-refractivity contribution in [1.82, 2.24) is 0 Å². The molecule has 92 valence electrons. The lowest BCUT2D eigenvalue weighted by molar-refractivity contribution is -0.195. The number of phosphoric ester groups is 1. The molecule has 0 amide bonds. The van der Waals surface area contributed by atoms with Gasteiger partial charge in [0.2, 0.25) is 0 Å². The molecule has 0 spiro atoms. The summed E-state index contributed by atoms with van der Waals surface area (Å²) < 4.78 is 24.5. The van der Waals surface area contributed by atoms with E-state index in [1.165, 1.54) is 0 Å². The van der Waals surface area contributed by atoms with Crippen molar-refractivity contribution in [1.29, 1.82) is 0 Å². The molecule has 0 aliphatic carbocycles. The van der Waals surface area contributed by atoms with E-state index in [0.717, 1.165) is 0 Å². The molecule has 7 nitrogen and oxygen atoms in total. The number of hydrogen-bond donors (Lipinski definition) is 3. The molecule has 3 N–H and O–H groups in total. The van der Waals surface area contributed by atoms with Gasteiger partial charge in [-0.05, 0) is 13.8 Å². The van der Waals surface area contributed by atoms with Crippen molar-refractivity contribution >= 4 is 7.82 Å². The zero-order valence-corrected chi connectivity index (χ0v) is 9.59. The smallest absolute Gasteiger partial charge is 0.385 e. The van der Waals surface area contributed by atoms with Gasteiger partial charge in [-0.15, -0.1) is 0 Å². The molecular weight excluding hydrogens is 227 g/mol. The summed E-state index contributed by atoms with van der Waals surface area (Å²) in [6, 6.07) is 0. The quantitative estimate of drug-likeness (QED) is 0.403. The molecule has 0 fully saturated rings. The van der Waals surface area contributed by atoms with Crippen molar-refractivity contribution in [2.75, 3.05) is 19.8 Å². The highest BCUT2D eigenvalue weighted by molar-refractivity contribution is 7.46. The maximum atomic E-state index is 10.4. The third kappa shape index (κ3) is 7.87. The molecule has 0 radical (unpaired) electrons. The molecule has 0 aliphatic heterocycles. The van der Waals surface area contributed by atoms with Gasteiger partial charge in [0.1, 0.15) is 6.10 Å². The number of hydrogen-bond acceptors (Lipinski definition) is 5. The Morgan fingerprint density at radius 1 is 1.20 bits per heavy atom. The standard InChI is InChI=1S/C7H17O7P/c1-3-12-7(13-4-2)6(8)5-14-15(9,10)11/h6-8H,3-5H2,1-2H3,(H2,9,10,11)/t6-/m0/s1. The van der Waals surface area contributed by atoms with Crippen molar-refractivity contribution in [2.24, 2.45) is 0 Å². The van der Waals surface area contributed by atoms with Gasteiger partial charge < -0.3 is 24.4 Å². The lowest BCUT2D eigenvalue weighted by Crippen LogP contribution is -2.35. The van der Waals surface area contributed by atoms with Crippen LogP contribution in [-0.4, -0.2) is 47.1 Å². The second-order valence-corrected chi connectivity index (χ2v) is 3.87. The van der Waals surface area contributed by atoms with E-state index in [2.05, 4.69) is 4.52 Å². The van der Waals surface area contributed by atoms with Gasteiger partial charge in [0, 0.05) is 13.2 Å². The minimum atomic E-state index is -4.57. The first-order valence-electron chi connectivity index (χ1n) is 4.52. The molecule has 0 aromatic rings. The first-order valence-corrected chi connectivity index (χ1v) is 6.05. The highest BCUT2D eigenvalue weighted by atomic mass is 31.2. The minimum absolute atomic E-state index is 0.317. The van der Waals surface area contributed by atoms with E-state index >= 15 is 0 Å². The van der Waals surface area contributed by atoms with Crippen LogP contribution in [0.3, 0.4) is 0 Å². The molecule has 0 aromatic heterocycles. The van der Waals surface area contributed by atoms with Gasteiger partial charge >= 0.3 is 7.82 Å². The van der Waals surface area contributed by atoms with E-state index in [4.69, 9.17) is 19.3 Å². The molecule has 0 saturated heterocycles. The second-order valence-electron chi connectivity index (χ2n) is 2.63. The lowest BCUT2D eigenvalue weighted by atomic mass is 10.4. The Balaban J connectivity index is 4.01. The molecule has 0 saturated carbocycles. The molecular formula is C7H17O7P. The Kier molecular flexibility index (Phi) is 7.29. The highest BCUT2D eigenvalue weighted by Gasteiger charge is 2.24. The van der Waals surface area contributed by atoms with Crippen molar-refractivity contribution < 1.29 is 33.5 Å². The van der Waals surface area contributed by atoms with Crippen LogP contribution in [0.5, 0.6) is 0 Å². The zero-order chi connectivity index (χ0) is 11.9. The highest BCUT2D eigenvalue weighted by Crippen LogP contribution is 2.35. The Morgan fingerprint density at radius 2 is 1.67 bits per heavy atom. The van der Waals surface area contributed by atoms with Crippen molar-refractivity contribution in [2.45, 2.75) is 26.2 Å². The topological polar surface area (TPSA) is 105 Å². The number of rotatable bonds is 8. The molecule has 0 rings (SSSR count). The van der Waals surface area contributed by atoms with Gasteiger partial charge in [0.25, 0.3) is 0 Å². The van der Waals surface area contributed by atoms with Crippen molar-refractivity contribution in [3.05, 3.63) is 0 Å². The van der Waals surface area contributed by atoms with E-state index in [1.54, 1.807) is 13.8 Å². The summed E-state index contributed by atoms with van der Waals surface area (Å²) in [6.45, 7) is 3.51. The Bertz CT molecular complexity index is 198. The largest absolute Gasteiger partial charge is 0.469 e. The summed E-state index contributed by atoms with van der Waals surface area (Å²) in [5.41, 5.74) is 0. The van der Waals surface area contributed by atoms with Gasteiger partial charge in [-0.25, -0.2) is 4.57 Å². The van der Waals surface area contributed by atoms with Crippen LogP contribution in [0.4, 0.5) is 0 Å². The van der Waals surface area contributed by atoms with Gasteiger partial charge in [-0.1, -0.05) is 0 Å². The van der Waals surface area contributed by atoms with E-state index in [9.17, 15) is 9.67 Å². The molecule has 0 aliphatic rings. The van der Waals surface area contributed by atoms with E-state index in [0.29, 0.717) is 13.2 Å². The molecule has 0 unspecified atom stereocenters. The summed E-state index contributed by atoms with van der Waals surface area (Å²) in [5, 5.41) is 9.42. The number of phosphoric acid groups is 1. The maximum absolute atomic E-state index is 10.4. The Labute approximate surface area is 88.2 Å². The fourth-order valence-corrected chi connectivity index (χ4v) is 1.20. The van der Waals surface area contributed by atoms with Crippen LogP contribution < -0.4 is 0 Å². The normalized spacial score (nSPS) is 14.5. The third-order valence-electron chi connectivity index (χ3n) is 1.39. The molecule has 0 heterocycles. The monoisotopic (exact) mass is 244 g/mol. The van der Waals surface area contributed by atoms with Crippen LogP contribution in [0.1, 0.15) is 13.8 Å². The van der Waals surface area contributed by atoms with Crippen LogP contribution in [0, 0.1) is 0 Å². The molecule has 15 heavy (non-hydrogen) atoms. The molecule has 0 aromatic carbocycles. The van der Waals surface area contributed by atoms with Crippen LogP contribution in [0.15, 0.2) is 0 Å². The average Bonchev–Trinajstić information content (AvgIpc) is 2.13. The van der Waals surface area contributed by atoms with Crippen molar-refractivity contribution in [3.63, 3.8) is 0 Å². The number of ether oxygens (including phenoxy) is 2.